The molecular formula is C16H21N5OS. The van der Waals surface area contributed by atoms with E-state index in [4.69, 9.17) is 5.73 Å². The van der Waals surface area contributed by atoms with Gasteiger partial charge >= 0.3 is 0 Å². The van der Waals surface area contributed by atoms with Crippen molar-refractivity contribution < 1.29 is 4.79 Å². The van der Waals surface area contributed by atoms with Crippen LogP contribution in [0.5, 0.6) is 0 Å². The molecule has 1 aliphatic heterocycles. The summed E-state index contributed by atoms with van der Waals surface area (Å²) in [5.74, 6) is 1.05. The molecule has 0 saturated carbocycles. The maximum atomic E-state index is 12.5. The second-order valence-corrected chi connectivity index (χ2v) is 7.04. The zero-order chi connectivity index (χ0) is 16.2. The topological polar surface area (TPSA) is 85.0 Å². The smallest absolute Gasteiger partial charge is 0.228 e. The van der Waals surface area contributed by atoms with Gasteiger partial charge in [-0.05, 0) is 32.1 Å². The maximum Gasteiger partial charge on any atom is 0.228 e. The first-order valence-corrected chi connectivity index (χ1v) is 8.74. The van der Waals surface area contributed by atoms with Crippen LogP contribution >= 0.6 is 11.3 Å². The van der Waals surface area contributed by atoms with E-state index in [-0.39, 0.29) is 5.91 Å². The minimum atomic E-state index is 0.159. The molecule has 3 heterocycles. The summed E-state index contributed by atoms with van der Waals surface area (Å²) < 4.78 is 0. The van der Waals surface area contributed by atoms with Crippen molar-refractivity contribution in [1.82, 2.24) is 19.9 Å². The number of carbonyl (C=O) groups excluding carboxylic acids is 1. The van der Waals surface area contributed by atoms with Gasteiger partial charge in [-0.3, -0.25) is 9.78 Å². The second-order valence-electron chi connectivity index (χ2n) is 5.98. The fourth-order valence-corrected chi connectivity index (χ4v) is 3.64. The third-order valence-corrected chi connectivity index (χ3v) is 4.98. The molecule has 0 bridgehead atoms. The van der Waals surface area contributed by atoms with Crippen LogP contribution in [0.3, 0.4) is 0 Å². The number of nitrogens with zero attached hydrogens (tertiary/aromatic N) is 4. The zero-order valence-corrected chi connectivity index (χ0v) is 14.1. The first kappa shape index (κ1) is 15.9. The van der Waals surface area contributed by atoms with Crippen molar-refractivity contribution >= 4 is 23.1 Å². The molecule has 1 atom stereocenters. The fraction of sp³-hybridized carbons (Fsp3) is 0.500. The molecule has 2 aromatic rings. The summed E-state index contributed by atoms with van der Waals surface area (Å²) in [5.41, 5.74) is 7.58. The molecule has 0 aromatic carbocycles. The lowest BCUT2D eigenvalue weighted by atomic mass is 9.93. The molecule has 2 N–H and O–H groups in total. The van der Waals surface area contributed by atoms with Gasteiger partial charge in [0.15, 0.2) is 0 Å². The molecule has 122 valence electrons. The molecule has 1 aliphatic rings. The van der Waals surface area contributed by atoms with Crippen LogP contribution in [0.4, 0.5) is 5.82 Å². The number of amides is 1. The van der Waals surface area contributed by atoms with Gasteiger partial charge in [0.2, 0.25) is 5.91 Å². The monoisotopic (exact) mass is 331 g/mol. The summed E-state index contributed by atoms with van der Waals surface area (Å²) in [5, 5.41) is 2.97. The largest absolute Gasteiger partial charge is 0.382 e. The number of carbonyl (C=O) groups is 1. The highest BCUT2D eigenvalue weighted by Crippen LogP contribution is 2.22. The number of nitrogens with two attached hydrogens (primary N) is 1. The Morgan fingerprint density at radius 3 is 3.00 bits per heavy atom. The van der Waals surface area contributed by atoms with Crippen LogP contribution in [-0.2, 0) is 17.6 Å². The molecule has 6 nitrogen and oxygen atoms in total. The quantitative estimate of drug-likeness (QED) is 0.924. The van der Waals surface area contributed by atoms with Gasteiger partial charge < -0.3 is 10.6 Å². The third kappa shape index (κ3) is 4.04. The molecule has 1 saturated heterocycles. The Balaban J connectivity index is 1.59. The molecule has 3 rings (SSSR count). The zero-order valence-electron chi connectivity index (χ0n) is 13.2. The van der Waals surface area contributed by atoms with Crippen molar-refractivity contribution in [3.05, 3.63) is 34.2 Å². The van der Waals surface area contributed by atoms with Crippen molar-refractivity contribution in [1.29, 1.82) is 0 Å². The van der Waals surface area contributed by atoms with Gasteiger partial charge in [-0.1, -0.05) is 0 Å². The van der Waals surface area contributed by atoms with Gasteiger partial charge in [-0.25, -0.2) is 9.97 Å². The standard InChI is InChI=1S/C16H21N5OS/c1-11-20-13(10-23-11)8-15(22)21-6-2-3-12(9-21)7-14-16(17)19-5-4-18-14/h4-5,10,12H,2-3,6-9H2,1H3,(H2,17,19)/t12-/m0/s1. The number of aryl methyl sites for hydroxylation is 1. The summed E-state index contributed by atoms with van der Waals surface area (Å²) in [6.07, 6.45) is 6.55. The number of anilines is 1. The van der Waals surface area contributed by atoms with Crippen molar-refractivity contribution in [2.24, 2.45) is 5.92 Å². The summed E-state index contributed by atoms with van der Waals surface area (Å²) in [7, 11) is 0. The Bertz CT molecular complexity index is 687. The predicted molar refractivity (Wildman–Crippen MR) is 90.0 cm³/mol. The number of aromatic nitrogens is 3. The van der Waals surface area contributed by atoms with E-state index in [0.29, 0.717) is 18.2 Å². The average Bonchev–Trinajstić information content (AvgIpc) is 2.95. The van der Waals surface area contributed by atoms with E-state index in [1.54, 1.807) is 23.7 Å². The van der Waals surface area contributed by atoms with Crippen molar-refractivity contribution in [3.8, 4) is 0 Å². The molecule has 0 unspecified atom stereocenters. The average molecular weight is 331 g/mol. The summed E-state index contributed by atoms with van der Waals surface area (Å²) in [4.78, 5) is 27.2. The van der Waals surface area contributed by atoms with Gasteiger partial charge in [-0.2, -0.15) is 0 Å². The van der Waals surface area contributed by atoms with Gasteiger partial charge in [-0.15, -0.1) is 11.3 Å². The van der Waals surface area contributed by atoms with Gasteiger partial charge in [0, 0.05) is 30.9 Å². The second kappa shape index (κ2) is 7.04. The summed E-state index contributed by atoms with van der Waals surface area (Å²) in [6.45, 7) is 3.55. The molecule has 7 heteroatoms. The van der Waals surface area contributed by atoms with Crippen molar-refractivity contribution in [2.75, 3.05) is 18.8 Å². The Kier molecular flexibility index (Phi) is 4.85. The lowest BCUT2D eigenvalue weighted by Crippen LogP contribution is -2.41. The minimum Gasteiger partial charge on any atom is -0.382 e. The number of nitrogen functional groups attached to an aromatic ring is 1. The molecule has 0 spiro atoms. The van der Waals surface area contributed by atoms with Crippen LogP contribution < -0.4 is 5.73 Å². The van der Waals surface area contributed by atoms with E-state index < -0.39 is 0 Å². The van der Waals surface area contributed by atoms with Crippen LogP contribution in [0.25, 0.3) is 0 Å². The lowest BCUT2D eigenvalue weighted by Gasteiger charge is -2.32. The van der Waals surface area contributed by atoms with Crippen LogP contribution in [0, 0.1) is 12.8 Å². The molecule has 2 aromatic heterocycles. The fourth-order valence-electron chi connectivity index (χ4n) is 3.02. The van der Waals surface area contributed by atoms with Crippen molar-refractivity contribution in [2.45, 2.75) is 32.6 Å². The Morgan fingerprint density at radius 1 is 1.43 bits per heavy atom. The number of likely N-dealkylation sites (tertiary alicyclic amines) is 1. The number of thiazole rings is 1. The van der Waals surface area contributed by atoms with Crippen LogP contribution in [0.2, 0.25) is 0 Å². The SMILES string of the molecule is Cc1nc(CC(=O)N2CCC[C@@H](Cc3nccnc3N)C2)cs1. The predicted octanol–water partition coefficient (Wildman–Crippen LogP) is 1.85. The molecule has 23 heavy (non-hydrogen) atoms. The third-order valence-electron chi connectivity index (χ3n) is 4.16. The molecule has 0 radical (unpaired) electrons. The van der Waals surface area contributed by atoms with E-state index in [1.165, 1.54) is 0 Å². The summed E-state index contributed by atoms with van der Waals surface area (Å²) in [6, 6.07) is 0. The molecular weight excluding hydrogens is 310 g/mol. The van der Waals surface area contributed by atoms with Gasteiger partial charge in [0.05, 0.1) is 22.8 Å². The highest BCUT2D eigenvalue weighted by molar-refractivity contribution is 7.09. The first-order chi connectivity index (χ1) is 11.1. The number of piperidine rings is 1. The van der Waals surface area contributed by atoms with E-state index in [0.717, 1.165) is 48.7 Å². The Morgan fingerprint density at radius 2 is 2.26 bits per heavy atom. The minimum absolute atomic E-state index is 0.159. The number of hydrogen-bond acceptors (Lipinski definition) is 6. The van der Waals surface area contributed by atoms with E-state index >= 15 is 0 Å². The Labute approximate surface area is 139 Å². The summed E-state index contributed by atoms with van der Waals surface area (Å²) >= 11 is 1.59. The van der Waals surface area contributed by atoms with E-state index in [1.807, 2.05) is 17.2 Å². The van der Waals surface area contributed by atoms with E-state index in [2.05, 4.69) is 15.0 Å². The Hall–Kier alpha value is -2.02. The highest BCUT2D eigenvalue weighted by atomic mass is 32.1. The van der Waals surface area contributed by atoms with Crippen LogP contribution in [0.1, 0.15) is 29.2 Å². The van der Waals surface area contributed by atoms with Crippen molar-refractivity contribution in [3.63, 3.8) is 0 Å². The molecule has 1 fully saturated rings. The molecule has 1 amide bonds. The number of hydrogen-bond donors (Lipinski definition) is 1. The maximum absolute atomic E-state index is 12.5. The number of rotatable bonds is 4. The highest BCUT2D eigenvalue weighted by Gasteiger charge is 2.25. The van der Waals surface area contributed by atoms with Gasteiger partial charge in [0.1, 0.15) is 5.82 Å². The normalized spacial score (nSPS) is 18.1. The van der Waals surface area contributed by atoms with Crippen LogP contribution in [0.15, 0.2) is 17.8 Å². The van der Waals surface area contributed by atoms with Crippen LogP contribution in [-0.4, -0.2) is 38.8 Å². The first-order valence-electron chi connectivity index (χ1n) is 7.86. The van der Waals surface area contributed by atoms with Gasteiger partial charge in [0.25, 0.3) is 0 Å². The lowest BCUT2D eigenvalue weighted by molar-refractivity contribution is -0.132. The molecule has 0 aliphatic carbocycles. The van der Waals surface area contributed by atoms with E-state index in [9.17, 15) is 4.79 Å².